The Kier molecular flexibility index (Phi) is 18.1. The molecule has 4 aromatic rings. The highest BCUT2D eigenvalue weighted by atomic mass is 32.2. The van der Waals surface area contributed by atoms with Crippen LogP contribution >= 0.6 is 34.4 Å². The zero-order chi connectivity index (χ0) is 39.1. The first-order valence-electron chi connectivity index (χ1n) is 17.3. The average molecular weight is 805 g/mol. The van der Waals surface area contributed by atoms with Crippen LogP contribution < -0.4 is 29.6 Å². The van der Waals surface area contributed by atoms with Gasteiger partial charge in [0.15, 0.2) is 10.3 Å². The maximum Gasteiger partial charge on any atom is 0.257 e. The lowest BCUT2D eigenvalue weighted by Crippen LogP contribution is -2.14. The smallest absolute Gasteiger partial charge is 0.257 e. The second-order valence-electron chi connectivity index (χ2n) is 13.5. The summed E-state index contributed by atoms with van der Waals surface area (Å²) in [6.07, 6.45) is 3.64. The number of amides is 2. The van der Waals surface area contributed by atoms with Gasteiger partial charge < -0.3 is 18.9 Å². The van der Waals surface area contributed by atoms with Crippen molar-refractivity contribution in [3.63, 3.8) is 0 Å². The van der Waals surface area contributed by atoms with E-state index in [2.05, 4.69) is 48.3 Å². The zero-order valence-electron chi connectivity index (χ0n) is 32.1. The molecule has 0 spiro atoms. The standard InChI is InChI=1S/C19H26N2O4S2.C19H26N2O3S2/c1-12(2)9-24-16-6-14(7-17(8-16)25-13(3)4)18(22)21-19-20-15(10-26-19)11-27(5)23;1-12(2)9-23-16-6-14(7-17(8-16)24-13(3)4)18(22)21-19-20-15(10-25-5)11-26-19/h6-8,10,12-13H,9,11H2,1-5H3,(H,20,21,22);6-8,11-13H,9-10H2,1-5H3,(H,20,21,22). The van der Waals surface area contributed by atoms with Crippen molar-refractivity contribution in [2.24, 2.45) is 11.8 Å². The predicted octanol–water partition coefficient (Wildman–Crippen LogP) is 9.18. The molecule has 2 aromatic heterocycles. The zero-order valence-corrected chi connectivity index (χ0v) is 35.4. The molecule has 0 fully saturated rings. The number of ether oxygens (including phenoxy) is 4. The Labute approximate surface area is 328 Å². The first kappa shape index (κ1) is 43.7. The number of nitrogens with zero attached hydrogens (tertiary/aromatic N) is 2. The molecule has 0 saturated carbocycles. The second kappa shape index (κ2) is 21.9. The van der Waals surface area contributed by atoms with Crippen LogP contribution in [-0.2, 0) is 22.3 Å². The van der Waals surface area contributed by atoms with Gasteiger partial charge >= 0.3 is 0 Å². The average Bonchev–Trinajstić information content (AvgIpc) is 3.70. The van der Waals surface area contributed by atoms with E-state index in [1.54, 1.807) is 53.7 Å². The summed E-state index contributed by atoms with van der Waals surface area (Å²) in [4.78, 5) is 34.0. The number of hydrogen-bond acceptors (Lipinski definition) is 12. The summed E-state index contributed by atoms with van der Waals surface area (Å²) >= 11 is 4.43. The summed E-state index contributed by atoms with van der Waals surface area (Å²) in [5, 5.41) is 10.5. The van der Waals surface area contributed by atoms with Gasteiger partial charge in [-0.3, -0.25) is 24.4 Å². The number of carbonyl (C=O) groups is 2. The van der Waals surface area contributed by atoms with Gasteiger partial charge in [0.1, 0.15) is 23.0 Å². The van der Waals surface area contributed by atoms with Crippen LogP contribution in [0.4, 0.5) is 10.3 Å². The van der Waals surface area contributed by atoms with Gasteiger partial charge in [0.2, 0.25) is 0 Å². The number of aromatic nitrogens is 2. The lowest BCUT2D eigenvalue weighted by Gasteiger charge is -2.15. The third-order valence-electron chi connectivity index (χ3n) is 6.38. The van der Waals surface area contributed by atoms with E-state index in [1.165, 1.54) is 22.7 Å². The SMILES string of the molecule is CC(C)COc1cc(OC(C)C)cc(C(=O)Nc2nc(CS(C)=O)cs2)c1.CSCc1csc(NC(=O)c2cc(OCC(C)C)cc(OC(C)C)c2)n1. The van der Waals surface area contributed by atoms with Crippen molar-refractivity contribution in [1.82, 2.24) is 9.97 Å². The Morgan fingerprint density at radius 2 is 1.11 bits per heavy atom. The molecule has 2 N–H and O–H groups in total. The topological polar surface area (TPSA) is 138 Å². The van der Waals surface area contributed by atoms with Gasteiger partial charge in [-0.2, -0.15) is 11.8 Å². The van der Waals surface area contributed by atoms with E-state index in [1.807, 2.05) is 45.4 Å². The van der Waals surface area contributed by atoms with Crippen LogP contribution in [0.2, 0.25) is 0 Å². The molecule has 0 radical (unpaired) electrons. The number of thiazole rings is 2. The van der Waals surface area contributed by atoms with Crippen molar-refractivity contribution in [2.45, 2.75) is 79.1 Å². The fourth-order valence-electron chi connectivity index (χ4n) is 4.33. The normalized spacial score (nSPS) is 11.7. The molecule has 4 rings (SSSR count). The van der Waals surface area contributed by atoms with Crippen molar-refractivity contribution in [3.8, 4) is 23.0 Å². The van der Waals surface area contributed by atoms with E-state index < -0.39 is 10.8 Å². The van der Waals surface area contributed by atoms with Crippen LogP contribution in [0, 0.1) is 11.8 Å². The Bertz CT molecular complexity index is 1790. The first-order valence-corrected chi connectivity index (χ1v) is 22.2. The molecule has 0 aliphatic carbocycles. The van der Waals surface area contributed by atoms with E-state index in [0.29, 0.717) is 80.9 Å². The van der Waals surface area contributed by atoms with Crippen LogP contribution in [0.3, 0.4) is 0 Å². The monoisotopic (exact) mass is 804 g/mol. The van der Waals surface area contributed by atoms with Crippen molar-refractivity contribution >= 4 is 67.3 Å². The van der Waals surface area contributed by atoms with E-state index in [9.17, 15) is 13.8 Å². The number of nitrogens with one attached hydrogen (secondary N) is 2. The van der Waals surface area contributed by atoms with Crippen LogP contribution in [0.15, 0.2) is 47.2 Å². The summed E-state index contributed by atoms with van der Waals surface area (Å²) in [7, 11) is -0.972. The molecule has 53 heavy (non-hydrogen) atoms. The molecule has 2 heterocycles. The van der Waals surface area contributed by atoms with Crippen LogP contribution in [0.25, 0.3) is 0 Å². The van der Waals surface area contributed by atoms with Crippen LogP contribution in [0.1, 0.15) is 87.5 Å². The maximum absolute atomic E-state index is 12.7. The van der Waals surface area contributed by atoms with Crippen molar-refractivity contribution in [3.05, 3.63) is 69.7 Å². The fourth-order valence-corrected chi connectivity index (χ4v) is 6.96. The van der Waals surface area contributed by atoms with Gasteiger partial charge in [-0.15, -0.1) is 22.7 Å². The van der Waals surface area contributed by atoms with E-state index in [-0.39, 0.29) is 24.0 Å². The summed E-state index contributed by atoms with van der Waals surface area (Å²) in [5.41, 5.74) is 2.59. The Morgan fingerprint density at radius 3 is 1.51 bits per heavy atom. The molecule has 290 valence electrons. The summed E-state index contributed by atoms with van der Waals surface area (Å²) < 4.78 is 34.4. The number of rotatable bonds is 18. The van der Waals surface area contributed by atoms with Gasteiger partial charge in [0.05, 0.1) is 42.6 Å². The highest BCUT2D eigenvalue weighted by Crippen LogP contribution is 2.28. The van der Waals surface area contributed by atoms with Gasteiger partial charge in [-0.25, -0.2) is 9.97 Å². The van der Waals surface area contributed by atoms with E-state index in [0.717, 1.165) is 11.4 Å². The van der Waals surface area contributed by atoms with Crippen molar-refractivity contribution < 1.29 is 32.7 Å². The molecule has 15 heteroatoms. The van der Waals surface area contributed by atoms with Crippen LogP contribution in [-0.4, -0.2) is 63.9 Å². The quantitative estimate of drug-likeness (QED) is 0.100. The third kappa shape index (κ3) is 16.5. The third-order valence-corrected chi connectivity index (χ3v) is 9.28. The number of thioether (sulfide) groups is 1. The molecule has 0 aliphatic heterocycles. The molecular weight excluding hydrogens is 753 g/mol. The van der Waals surface area contributed by atoms with Gasteiger partial charge in [-0.1, -0.05) is 27.7 Å². The molecular formula is C38H52N4O7S4. The minimum absolute atomic E-state index is 0.0133. The molecule has 1 unspecified atom stereocenters. The minimum atomic E-state index is -0.972. The van der Waals surface area contributed by atoms with Gasteiger partial charge in [0.25, 0.3) is 11.8 Å². The summed E-state index contributed by atoms with van der Waals surface area (Å²) in [5.74, 6) is 3.87. The van der Waals surface area contributed by atoms with Gasteiger partial charge in [0, 0.05) is 56.8 Å². The molecule has 1 atom stereocenters. The predicted molar refractivity (Wildman–Crippen MR) is 220 cm³/mol. The van der Waals surface area contributed by atoms with Crippen molar-refractivity contribution in [2.75, 3.05) is 36.4 Å². The Morgan fingerprint density at radius 1 is 0.698 bits per heavy atom. The highest BCUT2D eigenvalue weighted by molar-refractivity contribution is 7.97. The lowest BCUT2D eigenvalue weighted by atomic mass is 10.2. The molecule has 11 nitrogen and oxygen atoms in total. The van der Waals surface area contributed by atoms with E-state index >= 15 is 0 Å². The summed E-state index contributed by atoms with van der Waals surface area (Å²) in [6.45, 7) is 17.2. The lowest BCUT2D eigenvalue weighted by molar-refractivity contribution is 0.101. The first-order chi connectivity index (χ1) is 25.1. The van der Waals surface area contributed by atoms with Gasteiger partial charge in [-0.05, 0) is 70.1 Å². The summed E-state index contributed by atoms with van der Waals surface area (Å²) in [6, 6.07) is 10.5. The second-order valence-corrected chi connectivity index (χ2v) is 17.5. The minimum Gasteiger partial charge on any atom is -0.493 e. The largest absolute Gasteiger partial charge is 0.493 e. The van der Waals surface area contributed by atoms with Crippen LogP contribution in [0.5, 0.6) is 23.0 Å². The number of benzene rings is 2. The fraction of sp³-hybridized carbons (Fsp3) is 0.474. The maximum atomic E-state index is 12.7. The Hall–Kier alpha value is -3.66. The molecule has 0 bridgehead atoms. The van der Waals surface area contributed by atoms with E-state index in [4.69, 9.17) is 18.9 Å². The molecule has 0 saturated heterocycles. The number of hydrogen-bond donors (Lipinski definition) is 2. The molecule has 2 amide bonds. The van der Waals surface area contributed by atoms with Crippen molar-refractivity contribution in [1.29, 1.82) is 0 Å². The number of anilines is 2. The highest BCUT2D eigenvalue weighted by Gasteiger charge is 2.16. The Balaban J connectivity index is 0.000000286. The molecule has 0 aliphatic rings. The number of carbonyl (C=O) groups excluding carboxylic acids is 2. The molecule has 2 aromatic carbocycles.